The van der Waals surface area contributed by atoms with Crippen molar-refractivity contribution in [2.24, 2.45) is 0 Å². The molecule has 0 spiro atoms. The van der Waals surface area contributed by atoms with Crippen molar-refractivity contribution in [3.8, 4) is 0 Å². The Balaban J connectivity index is 2.54. The molecule has 0 amide bonds. The molecule has 1 nitrogen and oxygen atoms in total. The topological polar surface area (TPSA) is 9.23 Å². The van der Waals surface area contributed by atoms with Crippen molar-refractivity contribution < 1.29 is 4.18 Å². The van der Waals surface area contributed by atoms with Crippen molar-refractivity contribution in [2.45, 2.75) is 4.90 Å². The van der Waals surface area contributed by atoms with Crippen molar-refractivity contribution in [3.05, 3.63) is 36.4 Å². The Bertz CT molecular complexity index is 199. The average molecular weight is 136 g/mol. The summed E-state index contributed by atoms with van der Waals surface area (Å²) in [5.74, 6) is 0. The molecule has 2 rings (SSSR count). The standard InChI is InChI=1S/C7H4OS/c1-2-4-7-6(3-1)5-8-9-7/h1-4H. The molecule has 1 aromatic carbocycles. The molecule has 44 valence electrons. The van der Waals surface area contributed by atoms with Gasteiger partial charge in [0.2, 0.25) is 0 Å². The van der Waals surface area contributed by atoms with Crippen molar-refractivity contribution >= 4 is 12.0 Å². The predicted molar refractivity (Wildman–Crippen MR) is 35.7 cm³/mol. The Hall–Kier alpha value is -0.470. The lowest BCUT2D eigenvalue weighted by molar-refractivity contribution is 0.520. The van der Waals surface area contributed by atoms with E-state index in [2.05, 4.69) is 6.61 Å². The van der Waals surface area contributed by atoms with Gasteiger partial charge in [0.25, 0.3) is 0 Å². The van der Waals surface area contributed by atoms with Gasteiger partial charge in [0.15, 0.2) is 6.61 Å². The van der Waals surface area contributed by atoms with E-state index in [-0.39, 0.29) is 0 Å². The van der Waals surface area contributed by atoms with E-state index in [1.165, 1.54) is 12.0 Å². The zero-order valence-electron chi connectivity index (χ0n) is 4.63. The van der Waals surface area contributed by atoms with Crippen LogP contribution in [0.15, 0.2) is 29.2 Å². The van der Waals surface area contributed by atoms with Crippen LogP contribution >= 0.6 is 12.0 Å². The van der Waals surface area contributed by atoms with Crippen LogP contribution in [0, 0.1) is 6.61 Å². The van der Waals surface area contributed by atoms with Crippen LogP contribution in [0.25, 0.3) is 0 Å². The lowest BCUT2D eigenvalue weighted by Crippen LogP contribution is -1.72. The highest BCUT2D eigenvalue weighted by molar-refractivity contribution is 7.95. The van der Waals surface area contributed by atoms with Crippen molar-refractivity contribution in [3.63, 3.8) is 0 Å². The molecule has 1 aliphatic rings. The van der Waals surface area contributed by atoms with Gasteiger partial charge in [-0.3, -0.25) is 4.18 Å². The summed E-state index contributed by atoms with van der Waals surface area (Å²) in [7, 11) is 0. The van der Waals surface area contributed by atoms with Gasteiger partial charge in [-0.25, -0.2) is 0 Å². The first-order chi connectivity index (χ1) is 4.47. The van der Waals surface area contributed by atoms with Crippen LogP contribution in [0.4, 0.5) is 0 Å². The Morgan fingerprint density at radius 2 is 2.22 bits per heavy atom. The molecule has 1 aromatic rings. The Kier molecular flexibility index (Phi) is 1.21. The highest BCUT2D eigenvalue weighted by atomic mass is 32.2. The van der Waals surface area contributed by atoms with Crippen LogP contribution in [0.5, 0.6) is 0 Å². The lowest BCUT2D eigenvalue weighted by atomic mass is 10.2. The number of benzene rings is 1. The van der Waals surface area contributed by atoms with Gasteiger partial charge in [-0.15, -0.1) is 0 Å². The quantitative estimate of drug-likeness (QED) is 0.505. The molecule has 0 saturated carbocycles. The minimum absolute atomic E-state index is 1.06. The van der Waals surface area contributed by atoms with E-state index in [1.807, 2.05) is 24.3 Å². The van der Waals surface area contributed by atoms with E-state index in [1.54, 1.807) is 0 Å². The first-order valence-corrected chi connectivity index (χ1v) is 3.39. The summed E-state index contributed by atoms with van der Waals surface area (Å²) in [6.45, 7) is 2.76. The van der Waals surface area contributed by atoms with E-state index in [4.69, 9.17) is 4.18 Å². The zero-order valence-corrected chi connectivity index (χ0v) is 5.44. The van der Waals surface area contributed by atoms with Crippen LogP contribution in [-0.2, 0) is 4.18 Å². The largest absolute Gasteiger partial charge is 0.292 e. The molecule has 0 aliphatic carbocycles. The third kappa shape index (κ3) is 0.843. The van der Waals surface area contributed by atoms with E-state index >= 15 is 0 Å². The van der Waals surface area contributed by atoms with Crippen molar-refractivity contribution in [2.75, 3.05) is 0 Å². The molecule has 0 N–H and O–H groups in total. The van der Waals surface area contributed by atoms with Gasteiger partial charge in [-0.05, 0) is 6.07 Å². The molecule has 9 heavy (non-hydrogen) atoms. The van der Waals surface area contributed by atoms with Crippen LogP contribution in [-0.4, -0.2) is 0 Å². The normalized spacial score (nSPS) is 15.6. The van der Waals surface area contributed by atoms with Crippen molar-refractivity contribution in [1.29, 1.82) is 0 Å². The molecule has 0 unspecified atom stereocenters. The molecular formula is C7H4OS. The molecular weight excluding hydrogens is 132 g/mol. The van der Waals surface area contributed by atoms with Gasteiger partial charge in [0.05, 0.1) is 0 Å². The third-order valence-corrected chi connectivity index (χ3v) is 1.87. The SMILES string of the molecule is [C]1OSc2ccccc21. The molecule has 0 aromatic heterocycles. The predicted octanol–water partition coefficient (Wildman–Crippen LogP) is 2.11. The molecule has 2 heteroatoms. The Labute approximate surface area is 58.2 Å². The maximum Gasteiger partial charge on any atom is 0.185 e. The Morgan fingerprint density at radius 3 is 3.11 bits per heavy atom. The summed E-state index contributed by atoms with van der Waals surface area (Å²) >= 11 is 1.36. The lowest BCUT2D eigenvalue weighted by Gasteiger charge is -1.87. The molecule has 0 atom stereocenters. The highest BCUT2D eigenvalue weighted by Gasteiger charge is 2.11. The molecule has 0 saturated heterocycles. The molecule has 1 aliphatic heterocycles. The average Bonchev–Trinajstić information content (AvgIpc) is 2.33. The third-order valence-electron chi connectivity index (χ3n) is 1.17. The van der Waals surface area contributed by atoms with E-state index in [0.29, 0.717) is 0 Å². The maximum absolute atomic E-state index is 4.88. The van der Waals surface area contributed by atoms with Crippen molar-refractivity contribution in [1.82, 2.24) is 0 Å². The summed E-state index contributed by atoms with van der Waals surface area (Å²) in [5.41, 5.74) is 1.06. The summed E-state index contributed by atoms with van der Waals surface area (Å²) < 4.78 is 4.88. The first-order valence-electron chi connectivity index (χ1n) is 2.65. The highest BCUT2D eigenvalue weighted by Crippen LogP contribution is 2.32. The summed E-state index contributed by atoms with van der Waals surface area (Å²) in [4.78, 5) is 1.15. The second-order valence-electron chi connectivity index (χ2n) is 1.76. The second-order valence-corrected chi connectivity index (χ2v) is 2.54. The van der Waals surface area contributed by atoms with Gasteiger partial charge in [-0.1, -0.05) is 18.2 Å². The molecule has 0 fully saturated rings. The first kappa shape index (κ1) is 5.33. The van der Waals surface area contributed by atoms with E-state index in [9.17, 15) is 0 Å². The van der Waals surface area contributed by atoms with Crippen LogP contribution in [0.2, 0.25) is 0 Å². The van der Waals surface area contributed by atoms with Gasteiger partial charge in [-0.2, -0.15) is 0 Å². The number of hydrogen-bond acceptors (Lipinski definition) is 2. The summed E-state index contributed by atoms with van der Waals surface area (Å²) in [6, 6.07) is 7.96. The maximum atomic E-state index is 4.88. The monoisotopic (exact) mass is 136 g/mol. The molecule has 2 radical (unpaired) electrons. The van der Waals surface area contributed by atoms with Gasteiger partial charge in [0.1, 0.15) is 0 Å². The number of hydrogen-bond donors (Lipinski definition) is 0. The van der Waals surface area contributed by atoms with Gasteiger partial charge >= 0.3 is 0 Å². The minimum Gasteiger partial charge on any atom is -0.292 e. The van der Waals surface area contributed by atoms with E-state index < -0.39 is 0 Å². The second kappa shape index (κ2) is 2.05. The fourth-order valence-electron chi connectivity index (χ4n) is 0.734. The van der Waals surface area contributed by atoms with E-state index in [0.717, 1.165) is 10.5 Å². The number of rotatable bonds is 0. The van der Waals surface area contributed by atoms with Gasteiger partial charge < -0.3 is 0 Å². The molecule has 0 bridgehead atoms. The number of fused-ring (bicyclic) bond motifs is 1. The molecule has 1 heterocycles. The van der Waals surface area contributed by atoms with Crippen LogP contribution < -0.4 is 0 Å². The summed E-state index contributed by atoms with van der Waals surface area (Å²) in [6.07, 6.45) is 0. The fraction of sp³-hybridized carbons (Fsp3) is 0. The smallest absolute Gasteiger partial charge is 0.185 e. The Morgan fingerprint density at radius 1 is 1.33 bits per heavy atom. The fourth-order valence-corrected chi connectivity index (χ4v) is 1.29. The minimum atomic E-state index is 1.06. The summed E-state index contributed by atoms with van der Waals surface area (Å²) in [5, 5.41) is 0. The van der Waals surface area contributed by atoms with Gasteiger partial charge in [0, 0.05) is 22.5 Å². The zero-order chi connectivity index (χ0) is 6.10. The van der Waals surface area contributed by atoms with Crippen LogP contribution in [0.3, 0.4) is 0 Å². The van der Waals surface area contributed by atoms with Crippen LogP contribution in [0.1, 0.15) is 5.56 Å².